The van der Waals surface area contributed by atoms with E-state index in [9.17, 15) is 14.9 Å². The second-order valence-corrected chi connectivity index (χ2v) is 11.0. The number of rotatable bonds is 26. The lowest BCUT2D eigenvalue weighted by Gasteiger charge is -2.16. The third-order valence-corrected chi connectivity index (χ3v) is 7.69. The predicted molar refractivity (Wildman–Crippen MR) is 155 cm³/mol. The third kappa shape index (κ3) is 18.9. The molecule has 0 fully saturated rings. The average Bonchev–Trinajstić information content (AvgIpc) is 2.89. The number of hydrogen-bond donors (Lipinski definition) is 1. The van der Waals surface area contributed by atoms with Gasteiger partial charge >= 0.3 is 5.97 Å². The van der Waals surface area contributed by atoms with Gasteiger partial charge in [-0.25, -0.2) is 0 Å². The van der Waals surface area contributed by atoms with Crippen LogP contribution in [0.3, 0.4) is 0 Å². The minimum atomic E-state index is -0.782. The van der Waals surface area contributed by atoms with Crippen molar-refractivity contribution in [1.29, 1.82) is 0 Å². The van der Waals surface area contributed by atoms with Crippen molar-refractivity contribution in [2.24, 2.45) is 0 Å². The Morgan fingerprint density at radius 2 is 1.05 bits per heavy atom. The standard InChI is InChI=1S/C32H55NO4/c1-2-3-4-5-6-7-8-9-10-11-12-13-14-15-16-17-18-19-20-21-22-29(25-28-32(34)35)30-23-26-31(27-24-30)33(36)37/h23-24,26-27,29H,2-22,25,28H2,1H3,(H,34,35). The van der Waals surface area contributed by atoms with Crippen LogP contribution >= 0.6 is 0 Å². The van der Waals surface area contributed by atoms with Crippen LogP contribution in [0.5, 0.6) is 0 Å². The highest BCUT2D eigenvalue weighted by atomic mass is 16.6. The lowest BCUT2D eigenvalue weighted by atomic mass is 9.89. The van der Waals surface area contributed by atoms with Gasteiger partial charge in [0.1, 0.15) is 0 Å². The quantitative estimate of drug-likeness (QED) is 0.0752. The van der Waals surface area contributed by atoms with Crippen molar-refractivity contribution in [3.8, 4) is 0 Å². The van der Waals surface area contributed by atoms with E-state index in [4.69, 9.17) is 5.11 Å². The van der Waals surface area contributed by atoms with Crippen molar-refractivity contribution >= 4 is 11.7 Å². The SMILES string of the molecule is CCCCCCCCCCCCCCCCCCCCCCC(CCC(=O)O)c1ccc([N+](=O)[O-])cc1. The Labute approximate surface area is 227 Å². The number of unbranched alkanes of at least 4 members (excludes halogenated alkanes) is 19. The van der Waals surface area contributed by atoms with Crippen LogP contribution in [0, 0.1) is 10.1 Å². The summed E-state index contributed by atoms with van der Waals surface area (Å²) in [6, 6.07) is 6.64. The molecule has 0 aromatic heterocycles. The first-order valence-electron chi connectivity index (χ1n) is 15.5. The van der Waals surface area contributed by atoms with Gasteiger partial charge in [0.25, 0.3) is 5.69 Å². The van der Waals surface area contributed by atoms with E-state index in [-0.39, 0.29) is 18.0 Å². The molecular weight excluding hydrogens is 462 g/mol. The molecule has 0 spiro atoms. The highest BCUT2D eigenvalue weighted by Crippen LogP contribution is 2.29. The lowest BCUT2D eigenvalue weighted by Crippen LogP contribution is -2.04. The number of carboxylic acids is 1. The summed E-state index contributed by atoms with van der Waals surface area (Å²) < 4.78 is 0. The van der Waals surface area contributed by atoms with Crippen LogP contribution in [0.15, 0.2) is 24.3 Å². The number of nitro groups is 1. The molecule has 0 aliphatic rings. The Kier molecular flexibility index (Phi) is 20.8. The summed E-state index contributed by atoms with van der Waals surface area (Å²) in [6.45, 7) is 2.28. The van der Waals surface area contributed by atoms with Crippen LogP contribution in [-0.2, 0) is 4.79 Å². The largest absolute Gasteiger partial charge is 0.481 e. The van der Waals surface area contributed by atoms with E-state index in [2.05, 4.69) is 6.92 Å². The van der Waals surface area contributed by atoms with E-state index >= 15 is 0 Å². The number of nitro benzene ring substituents is 1. The summed E-state index contributed by atoms with van der Waals surface area (Å²) in [4.78, 5) is 21.5. The first-order chi connectivity index (χ1) is 18.0. The minimum Gasteiger partial charge on any atom is -0.481 e. The van der Waals surface area contributed by atoms with Crippen molar-refractivity contribution in [2.45, 2.75) is 161 Å². The molecule has 1 aromatic rings. The van der Waals surface area contributed by atoms with Crippen molar-refractivity contribution < 1.29 is 14.8 Å². The van der Waals surface area contributed by atoms with Gasteiger partial charge in [-0.15, -0.1) is 0 Å². The molecule has 212 valence electrons. The van der Waals surface area contributed by atoms with Crippen molar-refractivity contribution in [1.82, 2.24) is 0 Å². The average molecular weight is 518 g/mol. The van der Waals surface area contributed by atoms with E-state index < -0.39 is 10.9 Å². The minimum absolute atomic E-state index is 0.0829. The summed E-state index contributed by atoms with van der Waals surface area (Å²) in [7, 11) is 0. The van der Waals surface area contributed by atoms with Crippen LogP contribution in [-0.4, -0.2) is 16.0 Å². The van der Waals surface area contributed by atoms with Gasteiger partial charge < -0.3 is 5.11 Å². The number of benzene rings is 1. The second kappa shape index (κ2) is 23.2. The summed E-state index contributed by atoms with van der Waals surface area (Å²) in [5, 5.41) is 20.0. The van der Waals surface area contributed by atoms with Gasteiger partial charge in [0.05, 0.1) is 4.92 Å². The summed E-state index contributed by atoms with van der Waals surface area (Å²) >= 11 is 0. The first kappa shape index (κ1) is 33.1. The highest BCUT2D eigenvalue weighted by molar-refractivity contribution is 5.66. The van der Waals surface area contributed by atoms with E-state index in [1.807, 2.05) is 0 Å². The monoisotopic (exact) mass is 517 g/mol. The summed E-state index contributed by atoms with van der Waals surface area (Å²) in [5.74, 6) is -0.622. The van der Waals surface area contributed by atoms with E-state index in [0.717, 1.165) is 18.4 Å². The molecule has 1 rings (SSSR count). The van der Waals surface area contributed by atoms with Crippen molar-refractivity contribution in [3.05, 3.63) is 39.9 Å². The molecule has 0 saturated heterocycles. The predicted octanol–water partition coefficient (Wildman–Crippen LogP) is 10.8. The molecule has 0 aliphatic heterocycles. The zero-order chi connectivity index (χ0) is 27.0. The van der Waals surface area contributed by atoms with Gasteiger partial charge in [0, 0.05) is 18.6 Å². The maximum atomic E-state index is 11.0. The van der Waals surface area contributed by atoms with Gasteiger partial charge in [0.2, 0.25) is 0 Å². The number of hydrogen-bond acceptors (Lipinski definition) is 3. The summed E-state index contributed by atoms with van der Waals surface area (Å²) in [5.41, 5.74) is 1.10. The molecule has 5 nitrogen and oxygen atoms in total. The Hall–Kier alpha value is -1.91. The smallest absolute Gasteiger partial charge is 0.303 e. The van der Waals surface area contributed by atoms with Crippen LogP contribution in [0.4, 0.5) is 5.69 Å². The Balaban J connectivity index is 1.98. The topological polar surface area (TPSA) is 80.4 Å². The zero-order valence-electron chi connectivity index (χ0n) is 23.8. The molecule has 0 aliphatic carbocycles. The zero-order valence-corrected chi connectivity index (χ0v) is 23.8. The molecule has 5 heteroatoms. The molecule has 0 radical (unpaired) electrons. The van der Waals surface area contributed by atoms with Crippen LogP contribution < -0.4 is 0 Å². The van der Waals surface area contributed by atoms with E-state index in [1.165, 1.54) is 134 Å². The molecule has 37 heavy (non-hydrogen) atoms. The van der Waals surface area contributed by atoms with E-state index in [0.29, 0.717) is 6.42 Å². The maximum absolute atomic E-state index is 11.0. The van der Waals surface area contributed by atoms with Gasteiger partial charge in [0.15, 0.2) is 0 Å². The fourth-order valence-electron chi connectivity index (χ4n) is 5.29. The number of carboxylic acid groups (broad SMARTS) is 1. The molecule has 1 unspecified atom stereocenters. The second-order valence-electron chi connectivity index (χ2n) is 11.0. The van der Waals surface area contributed by atoms with Gasteiger partial charge in [-0.3, -0.25) is 14.9 Å². The Bertz CT molecular complexity index is 689. The number of carbonyl (C=O) groups is 1. The number of nitrogens with zero attached hydrogens (tertiary/aromatic N) is 1. The normalized spacial score (nSPS) is 12.0. The number of non-ortho nitro benzene ring substituents is 1. The lowest BCUT2D eigenvalue weighted by molar-refractivity contribution is -0.384. The first-order valence-corrected chi connectivity index (χ1v) is 15.5. The highest BCUT2D eigenvalue weighted by Gasteiger charge is 2.15. The summed E-state index contributed by atoms with van der Waals surface area (Å²) in [6.07, 6.45) is 28.9. The molecular formula is C32H55NO4. The third-order valence-electron chi connectivity index (χ3n) is 7.69. The van der Waals surface area contributed by atoms with Crippen LogP contribution in [0.25, 0.3) is 0 Å². The van der Waals surface area contributed by atoms with Gasteiger partial charge in [-0.1, -0.05) is 147 Å². The molecule has 1 atom stereocenters. The number of aliphatic carboxylic acids is 1. The van der Waals surface area contributed by atoms with Crippen LogP contribution in [0.2, 0.25) is 0 Å². The van der Waals surface area contributed by atoms with Crippen molar-refractivity contribution in [2.75, 3.05) is 0 Å². The molecule has 0 heterocycles. The van der Waals surface area contributed by atoms with Crippen molar-refractivity contribution in [3.63, 3.8) is 0 Å². The fourth-order valence-corrected chi connectivity index (χ4v) is 5.29. The maximum Gasteiger partial charge on any atom is 0.303 e. The van der Waals surface area contributed by atoms with E-state index in [1.54, 1.807) is 12.1 Å². The Morgan fingerprint density at radius 3 is 1.41 bits per heavy atom. The van der Waals surface area contributed by atoms with Gasteiger partial charge in [-0.2, -0.15) is 0 Å². The Morgan fingerprint density at radius 1 is 0.676 bits per heavy atom. The van der Waals surface area contributed by atoms with Gasteiger partial charge in [-0.05, 0) is 24.3 Å². The van der Waals surface area contributed by atoms with Crippen LogP contribution in [0.1, 0.15) is 166 Å². The molecule has 0 saturated carbocycles. The molecule has 1 aromatic carbocycles. The molecule has 0 amide bonds. The molecule has 0 bridgehead atoms. The molecule has 1 N–H and O–H groups in total. The fraction of sp³-hybridized carbons (Fsp3) is 0.781.